The molecule has 5 nitrogen and oxygen atoms in total. The van der Waals surface area contributed by atoms with Crippen LogP contribution in [0.3, 0.4) is 0 Å². The minimum atomic E-state index is -3.46. The molecule has 0 heterocycles. The molecule has 1 amide bonds. The fraction of sp³-hybridized carbons (Fsp3) is 0.462. The molecule has 0 bridgehead atoms. The van der Waals surface area contributed by atoms with Crippen molar-refractivity contribution in [1.29, 1.82) is 0 Å². The Balaban J connectivity index is 2.91. The predicted molar refractivity (Wildman–Crippen MR) is 74.5 cm³/mol. The topological polar surface area (TPSA) is 75.3 Å². The maximum atomic E-state index is 12.0. The first-order chi connectivity index (χ1) is 8.72. The number of sulfonamides is 1. The number of hydrogen-bond acceptors (Lipinski definition) is 3. The summed E-state index contributed by atoms with van der Waals surface area (Å²) in [7, 11) is -2.12. The van der Waals surface area contributed by atoms with Crippen LogP contribution in [-0.4, -0.2) is 26.9 Å². The number of rotatable bonds is 5. The van der Waals surface area contributed by atoms with E-state index in [9.17, 15) is 13.2 Å². The Hall–Kier alpha value is -1.40. The zero-order valence-electron chi connectivity index (χ0n) is 11.6. The van der Waals surface area contributed by atoms with E-state index in [4.69, 9.17) is 0 Å². The molecule has 1 rings (SSSR count). The number of carbonyl (C=O) groups is 1. The van der Waals surface area contributed by atoms with Gasteiger partial charge in [-0.1, -0.05) is 6.92 Å². The Morgan fingerprint density at radius 1 is 1.21 bits per heavy atom. The second-order valence-corrected chi connectivity index (χ2v) is 6.81. The summed E-state index contributed by atoms with van der Waals surface area (Å²) in [6.45, 7) is 5.86. The van der Waals surface area contributed by atoms with Crippen LogP contribution >= 0.6 is 0 Å². The molecular weight excluding hydrogens is 264 g/mol. The van der Waals surface area contributed by atoms with Crippen LogP contribution in [0.1, 0.15) is 37.6 Å². The first-order valence-corrected chi connectivity index (χ1v) is 7.56. The molecule has 0 aliphatic carbocycles. The van der Waals surface area contributed by atoms with Gasteiger partial charge in [-0.15, -0.1) is 0 Å². The van der Waals surface area contributed by atoms with Gasteiger partial charge in [0.15, 0.2) is 0 Å². The number of carbonyl (C=O) groups excluding carboxylic acids is 1. The SMILES string of the molecule is CCC(C)(C)NC(=O)c1ccc(S(=O)(=O)NC)cc1. The summed E-state index contributed by atoms with van der Waals surface area (Å²) in [5.41, 5.74) is 0.156. The lowest BCUT2D eigenvalue weighted by atomic mass is 10.0. The molecule has 0 aliphatic heterocycles. The third kappa shape index (κ3) is 4.04. The summed E-state index contributed by atoms with van der Waals surface area (Å²) in [6.07, 6.45) is 0.810. The smallest absolute Gasteiger partial charge is 0.251 e. The van der Waals surface area contributed by atoms with Crippen molar-refractivity contribution in [2.75, 3.05) is 7.05 Å². The van der Waals surface area contributed by atoms with E-state index in [0.717, 1.165) is 6.42 Å². The van der Waals surface area contributed by atoms with Gasteiger partial charge in [-0.05, 0) is 51.6 Å². The molecule has 0 fully saturated rings. The number of benzene rings is 1. The molecule has 0 radical (unpaired) electrons. The second-order valence-electron chi connectivity index (χ2n) is 4.92. The molecule has 0 saturated carbocycles. The van der Waals surface area contributed by atoms with E-state index in [0.29, 0.717) is 5.56 Å². The molecule has 19 heavy (non-hydrogen) atoms. The van der Waals surface area contributed by atoms with Gasteiger partial charge >= 0.3 is 0 Å². The molecular formula is C13H20N2O3S. The molecule has 1 aromatic rings. The largest absolute Gasteiger partial charge is 0.347 e. The van der Waals surface area contributed by atoms with E-state index in [2.05, 4.69) is 10.0 Å². The van der Waals surface area contributed by atoms with E-state index in [1.807, 2.05) is 20.8 Å². The number of hydrogen-bond donors (Lipinski definition) is 2. The van der Waals surface area contributed by atoms with Crippen LogP contribution in [0.15, 0.2) is 29.2 Å². The highest BCUT2D eigenvalue weighted by atomic mass is 32.2. The molecule has 0 atom stereocenters. The minimum Gasteiger partial charge on any atom is -0.347 e. The summed E-state index contributed by atoms with van der Waals surface area (Å²) in [4.78, 5) is 12.1. The highest BCUT2D eigenvalue weighted by Gasteiger charge is 2.19. The molecule has 0 spiro atoms. The molecule has 1 aromatic carbocycles. The molecule has 0 aromatic heterocycles. The van der Waals surface area contributed by atoms with Crippen molar-refractivity contribution in [1.82, 2.24) is 10.0 Å². The van der Waals surface area contributed by atoms with E-state index < -0.39 is 10.0 Å². The molecule has 0 unspecified atom stereocenters. The zero-order chi connectivity index (χ0) is 14.7. The van der Waals surface area contributed by atoms with Gasteiger partial charge in [0, 0.05) is 11.1 Å². The van der Waals surface area contributed by atoms with Crippen molar-refractivity contribution < 1.29 is 13.2 Å². The van der Waals surface area contributed by atoms with Crippen molar-refractivity contribution in [2.24, 2.45) is 0 Å². The fourth-order valence-corrected chi connectivity index (χ4v) is 2.10. The Kier molecular flexibility index (Phi) is 4.70. The van der Waals surface area contributed by atoms with Gasteiger partial charge in [-0.2, -0.15) is 0 Å². The van der Waals surface area contributed by atoms with Crippen molar-refractivity contribution in [3.63, 3.8) is 0 Å². The van der Waals surface area contributed by atoms with Crippen molar-refractivity contribution >= 4 is 15.9 Å². The average Bonchev–Trinajstić information content (AvgIpc) is 2.38. The molecule has 0 saturated heterocycles. The fourth-order valence-electron chi connectivity index (χ4n) is 1.37. The third-order valence-electron chi connectivity index (χ3n) is 3.03. The summed E-state index contributed by atoms with van der Waals surface area (Å²) in [5, 5.41) is 2.89. The van der Waals surface area contributed by atoms with E-state index in [-0.39, 0.29) is 16.3 Å². The van der Waals surface area contributed by atoms with Crippen LogP contribution in [0.25, 0.3) is 0 Å². The van der Waals surface area contributed by atoms with Crippen LogP contribution < -0.4 is 10.0 Å². The van der Waals surface area contributed by atoms with Gasteiger partial charge < -0.3 is 5.32 Å². The molecule has 2 N–H and O–H groups in total. The maximum absolute atomic E-state index is 12.0. The Bertz CT molecular complexity index is 548. The van der Waals surface area contributed by atoms with Crippen molar-refractivity contribution in [3.8, 4) is 0 Å². The van der Waals surface area contributed by atoms with E-state index in [1.165, 1.54) is 31.3 Å². The quantitative estimate of drug-likeness (QED) is 0.860. The first-order valence-electron chi connectivity index (χ1n) is 6.08. The van der Waals surface area contributed by atoms with Crippen LogP contribution in [0, 0.1) is 0 Å². The second kappa shape index (κ2) is 5.71. The zero-order valence-corrected chi connectivity index (χ0v) is 12.5. The average molecular weight is 284 g/mol. The van der Waals surface area contributed by atoms with Gasteiger partial charge in [0.05, 0.1) is 4.90 Å². The summed E-state index contributed by atoms with van der Waals surface area (Å²) in [6, 6.07) is 5.84. The standard InChI is InChI=1S/C13H20N2O3S/c1-5-13(2,3)15-12(16)10-6-8-11(9-7-10)19(17,18)14-4/h6-9,14H,5H2,1-4H3,(H,15,16). The normalized spacial score (nSPS) is 12.2. The van der Waals surface area contributed by atoms with Crippen molar-refractivity contribution in [3.05, 3.63) is 29.8 Å². The van der Waals surface area contributed by atoms with Crippen LogP contribution in [0.2, 0.25) is 0 Å². The number of nitrogens with one attached hydrogen (secondary N) is 2. The van der Waals surface area contributed by atoms with Crippen LogP contribution in [0.4, 0.5) is 0 Å². The lowest BCUT2D eigenvalue weighted by molar-refractivity contribution is 0.0911. The van der Waals surface area contributed by atoms with Gasteiger partial charge in [0.1, 0.15) is 0 Å². The lowest BCUT2D eigenvalue weighted by Gasteiger charge is -2.24. The van der Waals surface area contributed by atoms with Gasteiger partial charge in [0.2, 0.25) is 10.0 Å². The highest BCUT2D eigenvalue weighted by molar-refractivity contribution is 7.89. The Labute approximate surface area is 114 Å². The van der Waals surface area contributed by atoms with Gasteiger partial charge in [0.25, 0.3) is 5.91 Å². The minimum absolute atomic E-state index is 0.140. The lowest BCUT2D eigenvalue weighted by Crippen LogP contribution is -2.42. The monoisotopic (exact) mass is 284 g/mol. The summed E-state index contributed by atoms with van der Waals surface area (Å²) >= 11 is 0. The number of amides is 1. The predicted octanol–water partition coefficient (Wildman–Crippen LogP) is 1.51. The van der Waals surface area contributed by atoms with Crippen LogP contribution in [-0.2, 0) is 10.0 Å². The summed E-state index contributed by atoms with van der Waals surface area (Å²) < 4.78 is 25.3. The maximum Gasteiger partial charge on any atom is 0.251 e. The van der Waals surface area contributed by atoms with Crippen LogP contribution in [0.5, 0.6) is 0 Å². The van der Waals surface area contributed by atoms with Gasteiger partial charge in [-0.25, -0.2) is 13.1 Å². The molecule has 106 valence electrons. The van der Waals surface area contributed by atoms with Crippen molar-refractivity contribution in [2.45, 2.75) is 37.6 Å². The Morgan fingerprint density at radius 2 is 1.74 bits per heavy atom. The highest BCUT2D eigenvalue weighted by Crippen LogP contribution is 2.12. The third-order valence-corrected chi connectivity index (χ3v) is 4.46. The van der Waals surface area contributed by atoms with Gasteiger partial charge in [-0.3, -0.25) is 4.79 Å². The molecule has 0 aliphatic rings. The molecule has 6 heteroatoms. The summed E-state index contributed by atoms with van der Waals surface area (Å²) in [5.74, 6) is -0.208. The van der Waals surface area contributed by atoms with E-state index >= 15 is 0 Å². The van der Waals surface area contributed by atoms with E-state index in [1.54, 1.807) is 0 Å². The first kappa shape index (κ1) is 15.7. The Morgan fingerprint density at radius 3 is 2.16 bits per heavy atom.